The van der Waals surface area contributed by atoms with Gasteiger partial charge in [-0.15, -0.1) is 0 Å². The van der Waals surface area contributed by atoms with E-state index in [0.29, 0.717) is 0 Å². The van der Waals surface area contributed by atoms with Crippen molar-refractivity contribution >= 4 is 11.8 Å². The van der Waals surface area contributed by atoms with Crippen LogP contribution in [0.1, 0.15) is 13.8 Å². The topological polar surface area (TPSA) is 682 Å². The highest BCUT2D eigenvalue weighted by Crippen LogP contribution is 2.38. The molecule has 0 bridgehead atoms. The highest BCUT2D eigenvalue weighted by atomic mass is 16.8. The maximum atomic E-state index is 12.8. The molecule has 8 aliphatic rings. The zero-order chi connectivity index (χ0) is 69.9. The zero-order valence-corrected chi connectivity index (χ0v) is 50.4. The summed E-state index contributed by atoms with van der Waals surface area (Å²) < 4.78 is 86.6. The van der Waals surface area contributed by atoms with Crippen molar-refractivity contribution in [3.63, 3.8) is 0 Å². The van der Waals surface area contributed by atoms with E-state index in [2.05, 4.69) is 10.6 Å². The summed E-state index contributed by atoms with van der Waals surface area (Å²) in [6, 6.07) is -3.49. The largest absolute Gasteiger partial charge is 0.394 e. The number of amides is 2. The number of carbonyl (C=O) groups is 2. The standard InChI is InChI=1S/C52H88N2O41/c1-11(61)53-21-29(69)40(17(7-59)83-45(21)80)91-46-22(54-12(2)62)30(70)41(18(8-60)88-46)92-51-39(79)43(94-52-44(34(74)26(66)16(6-58)87-52)95-50-37(77)33(73)25(65)15(5-57)86-50)28(68)20(90-51)10-82-48-38(78)42(93-49-36(76)32(72)24(64)14(4-56)85-49)27(67)19(89-48)9-81-47-35(75)31(71)23(63)13(3-55)84-47/h13-52,55-60,63-80H,3-10H2,1-2H3,(H,53,61)(H,54,62)/t13-,14-,15-,16-,17-,18-,19-,20-,21-,22-,23-,24-,25-,26-,27-,28-,29-,30-,31+,32+,33+,34+,35+,36+,37+,38+,39+,40-,41-,42+,43+,44+,45-,46-,47+,48+,49-,50-,51+,52-/m1/s1. The molecule has 8 heterocycles. The van der Waals surface area contributed by atoms with Crippen LogP contribution in [-0.2, 0) is 80.6 Å². The molecule has 0 aromatic carbocycles. The third kappa shape index (κ3) is 17.0. The lowest BCUT2D eigenvalue weighted by molar-refractivity contribution is -0.399. The number of hydrogen-bond acceptors (Lipinski definition) is 41. The molecule has 95 heavy (non-hydrogen) atoms. The summed E-state index contributed by atoms with van der Waals surface area (Å²) in [5.74, 6) is -1.68. The molecule has 8 fully saturated rings. The Morgan fingerprint density at radius 3 is 1.02 bits per heavy atom. The lowest BCUT2D eigenvalue weighted by Crippen LogP contribution is -2.70. The minimum atomic E-state index is -2.49. The molecule has 43 nitrogen and oxygen atoms in total. The third-order valence-corrected chi connectivity index (χ3v) is 17.4. The SMILES string of the molecule is CC(=O)N[C@@H]1[C@@H](O)[C@H](O[C@H]2O[C@H](CO)[C@@H](O[C@@H]3O[C@H](CO[C@H]4O[C@H](CO[C@H]5O[C@H](CO)[C@@H](O)[C@H](O)[C@@H]5O)[C@@H](O)[C@H](O[C@H]5O[C@H](CO)[C@@H](O)[C@H](O)[C@@H]5O)[C@@H]4O)[C@@H](O)[C@H](O[C@H]4O[C@H](CO)[C@@H](O)[C@H](O)[C@@H]4O[C@H]4O[C@H](CO)[C@@H](O)[C@H](O)[C@@H]4O)[C@@H]3O)[C@H](O)[C@H]2NC(C)=O)[C@@H](CO)O[C@H]1O. The summed E-state index contributed by atoms with van der Waals surface area (Å²) >= 11 is 0. The van der Waals surface area contributed by atoms with E-state index in [-0.39, 0.29) is 0 Å². The van der Waals surface area contributed by atoms with Crippen molar-refractivity contribution in [3.8, 4) is 0 Å². The van der Waals surface area contributed by atoms with Crippen LogP contribution in [0.4, 0.5) is 0 Å². The summed E-state index contributed by atoms with van der Waals surface area (Å²) in [6.45, 7) is -6.26. The first-order chi connectivity index (χ1) is 44.9. The number of rotatable bonds is 24. The van der Waals surface area contributed by atoms with E-state index < -0.39 is 310 Å². The molecule has 0 saturated carbocycles. The normalized spacial score (nSPS) is 50.8. The predicted molar refractivity (Wildman–Crippen MR) is 288 cm³/mol. The highest BCUT2D eigenvalue weighted by Gasteiger charge is 2.59. The first-order valence-corrected chi connectivity index (χ1v) is 30.1. The molecular formula is C52H88N2O41. The molecule has 0 aliphatic carbocycles. The van der Waals surface area contributed by atoms with Gasteiger partial charge in [-0.25, -0.2) is 0 Å². The first kappa shape index (κ1) is 78.1. The van der Waals surface area contributed by atoms with Gasteiger partial charge in [0.1, 0.15) is 195 Å². The van der Waals surface area contributed by atoms with Gasteiger partial charge in [-0.3, -0.25) is 9.59 Å². The number of aliphatic hydroxyl groups excluding tert-OH is 24. The second-order valence-corrected chi connectivity index (χ2v) is 23.9. The predicted octanol–water partition coefficient (Wildman–Crippen LogP) is -18.2. The smallest absolute Gasteiger partial charge is 0.217 e. The average molecular weight is 1400 g/mol. The molecule has 8 rings (SSSR count). The fourth-order valence-corrected chi connectivity index (χ4v) is 12.1. The fourth-order valence-electron chi connectivity index (χ4n) is 12.1. The van der Waals surface area contributed by atoms with Crippen LogP contribution in [0.5, 0.6) is 0 Å². The van der Waals surface area contributed by atoms with E-state index in [9.17, 15) is 132 Å². The van der Waals surface area contributed by atoms with Crippen LogP contribution in [0.15, 0.2) is 0 Å². The molecule has 8 aliphatic heterocycles. The molecule has 8 saturated heterocycles. The van der Waals surface area contributed by atoms with Crippen LogP contribution in [0.2, 0.25) is 0 Å². The van der Waals surface area contributed by atoms with E-state index in [1.54, 1.807) is 0 Å². The summed E-state index contributed by atoms with van der Waals surface area (Å²) in [5.41, 5.74) is 0. The second-order valence-electron chi connectivity index (χ2n) is 23.9. The Hall–Kier alpha value is -2.62. The Morgan fingerprint density at radius 2 is 0.568 bits per heavy atom. The maximum absolute atomic E-state index is 12.8. The number of aliphatic hydroxyl groups is 24. The molecule has 26 N–H and O–H groups in total. The van der Waals surface area contributed by atoms with Gasteiger partial charge in [0.25, 0.3) is 0 Å². The first-order valence-electron chi connectivity index (χ1n) is 30.1. The Bertz CT molecular complexity index is 2380. The van der Waals surface area contributed by atoms with Crippen LogP contribution in [0.25, 0.3) is 0 Å². The van der Waals surface area contributed by atoms with Crippen molar-refractivity contribution < 1.29 is 203 Å². The van der Waals surface area contributed by atoms with Crippen molar-refractivity contribution in [1.29, 1.82) is 0 Å². The van der Waals surface area contributed by atoms with E-state index in [1.807, 2.05) is 0 Å². The minimum Gasteiger partial charge on any atom is -0.394 e. The van der Waals surface area contributed by atoms with Crippen molar-refractivity contribution in [2.45, 2.75) is 259 Å². The molecule has 40 atom stereocenters. The van der Waals surface area contributed by atoms with E-state index in [0.717, 1.165) is 13.8 Å². The van der Waals surface area contributed by atoms with Gasteiger partial charge in [-0.2, -0.15) is 0 Å². The second kappa shape index (κ2) is 33.9. The van der Waals surface area contributed by atoms with Crippen LogP contribution in [0, 0.1) is 0 Å². The number of hydrogen-bond donors (Lipinski definition) is 26. The maximum Gasteiger partial charge on any atom is 0.217 e. The van der Waals surface area contributed by atoms with Gasteiger partial charge in [0.15, 0.2) is 50.3 Å². The van der Waals surface area contributed by atoms with Gasteiger partial charge < -0.3 is 204 Å². The fraction of sp³-hybridized carbons (Fsp3) is 0.962. The van der Waals surface area contributed by atoms with Crippen LogP contribution in [0.3, 0.4) is 0 Å². The van der Waals surface area contributed by atoms with Crippen molar-refractivity contribution in [3.05, 3.63) is 0 Å². The molecule has 0 aromatic rings. The summed E-state index contributed by atoms with van der Waals surface area (Å²) in [4.78, 5) is 24.9. The molecule has 43 heteroatoms. The van der Waals surface area contributed by atoms with Gasteiger partial charge >= 0.3 is 0 Å². The Morgan fingerprint density at radius 1 is 0.274 bits per heavy atom. The van der Waals surface area contributed by atoms with E-state index >= 15 is 0 Å². The molecule has 552 valence electrons. The van der Waals surface area contributed by atoms with Crippen molar-refractivity contribution in [2.24, 2.45) is 0 Å². The van der Waals surface area contributed by atoms with Gasteiger partial charge in [0.05, 0.1) is 52.9 Å². The van der Waals surface area contributed by atoms with Crippen LogP contribution < -0.4 is 10.6 Å². The Labute approximate surface area is 536 Å². The summed E-state index contributed by atoms with van der Waals surface area (Å²) in [7, 11) is 0. The lowest BCUT2D eigenvalue weighted by Gasteiger charge is -2.50. The Balaban J connectivity index is 1.12. The molecule has 0 spiro atoms. The summed E-state index contributed by atoms with van der Waals surface area (Å²) in [6.07, 6.45) is -77.9. The molecule has 0 aromatic heterocycles. The van der Waals surface area contributed by atoms with Gasteiger partial charge in [0.2, 0.25) is 11.8 Å². The highest BCUT2D eigenvalue weighted by molar-refractivity contribution is 5.73. The summed E-state index contributed by atoms with van der Waals surface area (Å²) in [5, 5.41) is 266. The minimum absolute atomic E-state index is 0.766. The number of nitrogens with one attached hydrogen (secondary N) is 2. The van der Waals surface area contributed by atoms with Crippen LogP contribution in [-0.4, -0.2) is 433 Å². The number of ether oxygens (including phenoxy) is 15. The van der Waals surface area contributed by atoms with Gasteiger partial charge in [-0.1, -0.05) is 0 Å². The Kier molecular flexibility index (Phi) is 27.9. The quantitative estimate of drug-likeness (QED) is 0.0427. The monoisotopic (exact) mass is 1400 g/mol. The lowest BCUT2D eigenvalue weighted by atomic mass is 9.94. The van der Waals surface area contributed by atoms with Gasteiger partial charge in [0, 0.05) is 13.8 Å². The van der Waals surface area contributed by atoms with E-state index in [4.69, 9.17) is 71.1 Å². The molecule has 0 radical (unpaired) electrons. The van der Waals surface area contributed by atoms with E-state index in [1.165, 1.54) is 0 Å². The zero-order valence-electron chi connectivity index (χ0n) is 50.4. The molecule has 2 amide bonds. The van der Waals surface area contributed by atoms with Crippen molar-refractivity contribution in [2.75, 3.05) is 52.9 Å². The van der Waals surface area contributed by atoms with Crippen LogP contribution >= 0.6 is 0 Å². The molecular weight excluding hydrogens is 1310 g/mol. The third-order valence-electron chi connectivity index (χ3n) is 17.4. The van der Waals surface area contributed by atoms with Gasteiger partial charge in [-0.05, 0) is 0 Å². The number of carbonyl (C=O) groups excluding carboxylic acids is 2. The van der Waals surface area contributed by atoms with Crippen molar-refractivity contribution in [1.82, 2.24) is 10.6 Å². The molecule has 0 unspecified atom stereocenters. The average Bonchev–Trinajstić information content (AvgIpc) is 0.779.